The highest BCUT2D eigenvalue weighted by Crippen LogP contribution is 1.97. The number of hydrogen-bond donors (Lipinski definition) is 0. The van der Waals surface area contributed by atoms with Gasteiger partial charge in [-0.25, -0.2) is 4.79 Å². The van der Waals surface area contributed by atoms with Crippen molar-refractivity contribution in [3.63, 3.8) is 0 Å². The van der Waals surface area contributed by atoms with Crippen LogP contribution in [0.15, 0.2) is 0 Å². The number of Topliss-reactive ketones (excluding diaryl/α,β-unsaturated/α-hetero) is 3. The lowest BCUT2D eigenvalue weighted by atomic mass is 10.1. The van der Waals surface area contributed by atoms with Crippen molar-refractivity contribution < 1.29 is 33.4 Å². The maximum atomic E-state index is 11.2. The van der Waals surface area contributed by atoms with Crippen molar-refractivity contribution in [2.45, 2.75) is 26.7 Å². The van der Waals surface area contributed by atoms with Gasteiger partial charge in [0.05, 0.1) is 19.6 Å². The Labute approximate surface area is 103 Å². The van der Waals surface area contributed by atoms with E-state index in [1.54, 1.807) is 6.92 Å². The van der Waals surface area contributed by atoms with E-state index in [1.807, 2.05) is 0 Å². The fraction of sp³-hybridized carbons (Fsp3) is 0.545. The van der Waals surface area contributed by atoms with Gasteiger partial charge in [0.1, 0.15) is 0 Å². The smallest absolute Gasteiger partial charge is 0.383 e. The molecule has 0 aliphatic rings. The minimum absolute atomic E-state index is 0.0745. The Bertz CT molecular complexity index is 370. The zero-order chi connectivity index (χ0) is 14.1. The first-order valence-corrected chi connectivity index (χ1v) is 5.38. The SMILES string of the molecule is CCOC(=O)CCC(=O)C(=O)C(=O)C(=O)OCC. The first kappa shape index (κ1) is 16.0. The molecule has 0 amide bonds. The maximum Gasteiger partial charge on any atom is 0.383 e. The van der Waals surface area contributed by atoms with Gasteiger partial charge in [-0.05, 0) is 13.8 Å². The summed E-state index contributed by atoms with van der Waals surface area (Å²) in [4.78, 5) is 55.3. The van der Waals surface area contributed by atoms with Gasteiger partial charge in [0.15, 0.2) is 0 Å². The molecule has 0 spiro atoms. The van der Waals surface area contributed by atoms with Gasteiger partial charge < -0.3 is 9.47 Å². The summed E-state index contributed by atoms with van der Waals surface area (Å²) in [6.07, 6.45) is -0.780. The van der Waals surface area contributed by atoms with E-state index in [0.717, 1.165) is 0 Å². The first-order chi connectivity index (χ1) is 8.43. The van der Waals surface area contributed by atoms with E-state index in [4.69, 9.17) is 0 Å². The molecule has 0 saturated carbocycles. The minimum atomic E-state index is -1.52. The molecular formula is C11H14O7. The molecule has 0 unspecified atom stereocenters. The van der Waals surface area contributed by atoms with E-state index in [1.165, 1.54) is 6.92 Å². The fourth-order valence-electron chi connectivity index (χ4n) is 0.978. The summed E-state index contributed by atoms with van der Waals surface area (Å²) in [5.74, 6) is -6.13. The number of carbonyl (C=O) groups is 5. The molecule has 7 heteroatoms. The standard InChI is InChI=1S/C11H14O7/c1-3-17-8(13)6-5-7(12)9(14)10(15)11(16)18-4-2/h3-6H2,1-2H3. The van der Waals surface area contributed by atoms with E-state index in [-0.39, 0.29) is 19.6 Å². The Morgan fingerprint density at radius 1 is 0.778 bits per heavy atom. The highest BCUT2D eigenvalue weighted by atomic mass is 16.5. The average Bonchev–Trinajstić information content (AvgIpc) is 2.34. The predicted molar refractivity (Wildman–Crippen MR) is 57.5 cm³/mol. The second-order valence-corrected chi connectivity index (χ2v) is 3.11. The van der Waals surface area contributed by atoms with Gasteiger partial charge >= 0.3 is 17.7 Å². The number of ketones is 3. The molecule has 18 heavy (non-hydrogen) atoms. The van der Waals surface area contributed by atoms with Crippen LogP contribution in [-0.4, -0.2) is 42.5 Å². The monoisotopic (exact) mass is 258 g/mol. The van der Waals surface area contributed by atoms with Gasteiger partial charge in [0.2, 0.25) is 5.78 Å². The molecule has 0 heterocycles. The summed E-state index contributed by atoms with van der Waals surface area (Å²) >= 11 is 0. The van der Waals surface area contributed by atoms with E-state index in [2.05, 4.69) is 9.47 Å². The molecule has 0 atom stereocenters. The van der Waals surface area contributed by atoms with Crippen LogP contribution < -0.4 is 0 Å². The third-order valence-electron chi connectivity index (χ3n) is 1.78. The Balaban J connectivity index is 4.26. The van der Waals surface area contributed by atoms with Crippen molar-refractivity contribution in [3.05, 3.63) is 0 Å². The van der Waals surface area contributed by atoms with Crippen molar-refractivity contribution >= 4 is 29.3 Å². The number of rotatable bonds is 8. The zero-order valence-corrected chi connectivity index (χ0v) is 10.2. The molecular weight excluding hydrogens is 244 g/mol. The Hall–Kier alpha value is -2.05. The number of esters is 2. The Morgan fingerprint density at radius 3 is 1.83 bits per heavy atom. The maximum absolute atomic E-state index is 11.2. The van der Waals surface area contributed by atoms with Crippen LogP contribution in [-0.2, 0) is 33.4 Å². The fourth-order valence-corrected chi connectivity index (χ4v) is 0.978. The minimum Gasteiger partial charge on any atom is -0.466 e. The molecule has 0 aromatic carbocycles. The molecule has 7 nitrogen and oxygen atoms in total. The summed E-state index contributed by atoms with van der Waals surface area (Å²) in [5.41, 5.74) is 0. The highest BCUT2D eigenvalue weighted by Gasteiger charge is 2.30. The average molecular weight is 258 g/mol. The van der Waals surface area contributed by atoms with Crippen LogP contribution in [0.25, 0.3) is 0 Å². The van der Waals surface area contributed by atoms with Crippen LogP contribution in [0, 0.1) is 0 Å². The van der Waals surface area contributed by atoms with Crippen molar-refractivity contribution in [2.24, 2.45) is 0 Å². The van der Waals surface area contributed by atoms with Gasteiger partial charge in [-0.15, -0.1) is 0 Å². The van der Waals surface area contributed by atoms with E-state index < -0.39 is 35.7 Å². The number of ether oxygens (including phenoxy) is 2. The van der Waals surface area contributed by atoms with Crippen LogP contribution in [0.4, 0.5) is 0 Å². The molecule has 0 rings (SSSR count). The largest absolute Gasteiger partial charge is 0.466 e. The van der Waals surface area contributed by atoms with Gasteiger partial charge in [-0.3, -0.25) is 19.2 Å². The van der Waals surface area contributed by atoms with E-state index in [9.17, 15) is 24.0 Å². The molecule has 0 aliphatic carbocycles. The van der Waals surface area contributed by atoms with Gasteiger partial charge in [-0.2, -0.15) is 0 Å². The third-order valence-corrected chi connectivity index (χ3v) is 1.78. The topological polar surface area (TPSA) is 104 Å². The summed E-state index contributed by atoms with van der Waals surface area (Å²) in [6, 6.07) is 0. The van der Waals surface area contributed by atoms with Crippen molar-refractivity contribution in [3.8, 4) is 0 Å². The molecule has 0 saturated heterocycles. The van der Waals surface area contributed by atoms with Crippen LogP contribution in [0.2, 0.25) is 0 Å². The van der Waals surface area contributed by atoms with Crippen LogP contribution in [0.1, 0.15) is 26.7 Å². The predicted octanol–water partition coefficient (Wildman–Crippen LogP) is -0.400. The molecule has 0 radical (unpaired) electrons. The molecule has 0 aromatic heterocycles. The van der Waals surface area contributed by atoms with Crippen molar-refractivity contribution in [2.75, 3.05) is 13.2 Å². The molecule has 0 N–H and O–H groups in total. The highest BCUT2D eigenvalue weighted by molar-refractivity contribution is 6.77. The lowest BCUT2D eigenvalue weighted by Crippen LogP contribution is -2.32. The van der Waals surface area contributed by atoms with Crippen LogP contribution >= 0.6 is 0 Å². The first-order valence-electron chi connectivity index (χ1n) is 5.38. The van der Waals surface area contributed by atoms with E-state index >= 15 is 0 Å². The van der Waals surface area contributed by atoms with E-state index in [0.29, 0.717) is 0 Å². The van der Waals surface area contributed by atoms with Gasteiger partial charge in [0, 0.05) is 6.42 Å². The van der Waals surface area contributed by atoms with Crippen molar-refractivity contribution in [1.82, 2.24) is 0 Å². The zero-order valence-electron chi connectivity index (χ0n) is 10.2. The summed E-state index contributed by atoms with van der Waals surface area (Å²) in [6.45, 7) is 3.13. The molecule has 0 fully saturated rings. The lowest BCUT2D eigenvalue weighted by Gasteiger charge is -2.01. The third kappa shape index (κ3) is 5.33. The number of carbonyl (C=O) groups excluding carboxylic acids is 5. The van der Waals surface area contributed by atoms with Crippen LogP contribution in [0.3, 0.4) is 0 Å². The molecule has 0 aliphatic heterocycles. The summed E-state index contributed by atoms with van der Waals surface area (Å²) in [5, 5.41) is 0. The summed E-state index contributed by atoms with van der Waals surface area (Å²) < 4.78 is 8.83. The molecule has 0 bridgehead atoms. The van der Waals surface area contributed by atoms with Crippen molar-refractivity contribution in [1.29, 1.82) is 0 Å². The second kappa shape index (κ2) is 8.10. The lowest BCUT2D eigenvalue weighted by molar-refractivity contribution is -0.158. The molecule has 100 valence electrons. The molecule has 0 aromatic rings. The Morgan fingerprint density at radius 2 is 1.33 bits per heavy atom. The normalized spacial score (nSPS) is 9.44. The quantitative estimate of drug-likeness (QED) is 0.331. The summed E-state index contributed by atoms with van der Waals surface area (Å²) in [7, 11) is 0. The van der Waals surface area contributed by atoms with Gasteiger partial charge in [0.25, 0.3) is 5.78 Å². The Kier molecular flexibility index (Phi) is 7.18. The second-order valence-electron chi connectivity index (χ2n) is 3.11. The van der Waals surface area contributed by atoms with Gasteiger partial charge in [-0.1, -0.05) is 0 Å². The number of hydrogen-bond acceptors (Lipinski definition) is 7. The van der Waals surface area contributed by atoms with Crippen LogP contribution in [0.5, 0.6) is 0 Å².